The molecule has 0 radical (unpaired) electrons. The molecule has 5 nitrogen and oxygen atoms in total. The first-order chi connectivity index (χ1) is 8.87. The maximum absolute atomic E-state index is 12.3. The van der Waals surface area contributed by atoms with Crippen LogP contribution in [0.15, 0.2) is 0 Å². The molecule has 2 aliphatic heterocycles. The second kappa shape index (κ2) is 5.39. The van der Waals surface area contributed by atoms with Gasteiger partial charge in [-0.15, -0.1) is 0 Å². The number of hydrogen-bond acceptors (Lipinski definition) is 2. The summed E-state index contributed by atoms with van der Waals surface area (Å²) in [5.41, 5.74) is 0.329. The van der Waals surface area contributed by atoms with E-state index in [9.17, 15) is 9.59 Å². The second-order valence-electron chi connectivity index (χ2n) is 6.66. The third-order valence-corrected chi connectivity index (χ3v) is 4.30. The van der Waals surface area contributed by atoms with Gasteiger partial charge in [-0.3, -0.25) is 4.79 Å². The van der Waals surface area contributed by atoms with Crippen LogP contribution in [0.25, 0.3) is 0 Å². The molecule has 0 atom stereocenters. The first-order valence-corrected chi connectivity index (χ1v) is 7.13. The topological polar surface area (TPSA) is 60.9 Å². The van der Waals surface area contributed by atoms with Gasteiger partial charge in [0.05, 0.1) is 6.42 Å². The number of aliphatic carboxylic acids is 1. The average molecular weight is 268 g/mol. The van der Waals surface area contributed by atoms with E-state index < -0.39 is 5.97 Å². The molecule has 2 rings (SSSR count). The minimum absolute atomic E-state index is 0.0966. The van der Waals surface area contributed by atoms with Crippen molar-refractivity contribution in [2.75, 3.05) is 26.2 Å². The van der Waals surface area contributed by atoms with Crippen LogP contribution in [0.4, 0.5) is 4.79 Å². The summed E-state index contributed by atoms with van der Waals surface area (Å²) in [5.74, 6) is -0.626. The van der Waals surface area contributed by atoms with Gasteiger partial charge < -0.3 is 14.9 Å². The van der Waals surface area contributed by atoms with Crippen molar-refractivity contribution in [3.05, 3.63) is 0 Å². The Labute approximate surface area is 114 Å². The average Bonchev–Trinajstić information content (AvgIpc) is 2.43. The summed E-state index contributed by atoms with van der Waals surface area (Å²) in [4.78, 5) is 26.6. The summed E-state index contributed by atoms with van der Waals surface area (Å²) in [7, 11) is 0. The van der Waals surface area contributed by atoms with E-state index in [1.165, 1.54) is 6.42 Å². The summed E-state index contributed by atoms with van der Waals surface area (Å²) in [6.07, 6.45) is 3.45. The SMILES string of the molecule is CC1(C)CCCN(C(=O)N2CC(CC(=O)O)C2)CC1. The van der Waals surface area contributed by atoms with Crippen molar-refractivity contribution >= 4 is 12.0 Å². The second-order valence-corrected chi connectivity index (χ2v) is 6.66. The molecule has 0 aromatic heterocycles. The summed E-state index contributed by atoms with van der Waals surface area (Å²) in [6, 6.07) is 0.0966. The molecule has 0 aromatic rings. The molecule has 0 saturated carbocycles. The molecule has 0 bridgehead atoms. The standard InChI is InChI=1S/C14H24N2O3/c1-14(2)4-3-6-15(7-5-14)13(19)16-9-11(10-16)8-12(17)18/h11H,3-10H2,1-2H3,(H,17,18). The minimum Gasteiger partial charge on any atom is -0.481 e. The Hall–Kier alpha value is -1.26. The third kappa shape index (κ3) is 3.61. The van der Waals surface area contributed by atoms with E-state index in [1.807, 2.05) is 4.90 Å². The van der Waals surface area contributed by atoms with Gasteiger partial charge in [-0.2, -0.15) is 0 Å². The van der Waals surface area contributed by atoms with Crippen molar-refractivity contribution in [3.8, 4) is 0 Å². The highest BCUT2D eigenvalue weighted by atomic mass is 16.4. The number of carboxylic acid groups (broad SMARTS) is 1. The van der Waals surface area contributed by atoms with Crippen LogP contribution in [-0.2, 0) is 4.79 Å². The Morgan fingerprint density at radius 1 is 1.16 bits per heavy atom. The van der Waals surface area contributed by atoms with Gasteiger partial charge in [0.15, 0.2) is 0 Å². The number of carboxylic acids is 1. The molecule has 2 saturated heterocycles. The van der Waals surface area contributed by atoms with Gasteiger partial charge in [0.2, 0.25) is 0 Å². The molecule has 0 spiro atoms. The lowest BCUT2D eigenvalue weighted by Gasteiger charge is -2.41. The molecule has 19 heavy (non-hydrogen) atoms. The predicted octanol–water partition coefficient (Wildman–Crippen LogP) is 2.03. The number of carbonyl (C=O) groups is 2. The lowest BCUT2D eigenvalue weighted by molar-refractivity contribution is -0.139. The van der Waals surface area contributed by atoms with Gasteiger partial charge in [0.1, 0.15) is 0 Å². The van der Waals surface area contributed by atoms with Gasteiger partial charge in [-0.05, 0) is 24.7 Å². The van der Waals surface area contributed by atoms with Crippen molar-refractivity contribution in [1.29, 1.82) is 0 Å². The van der Waals surface area contributed by atoms with E-state index in [2.05, 4.69) is 13.8 Å². The Balaban J connectivity index is 1.80. The fraction of sp³-hybridized carbons (Fsp3) is 0.857. The molecule has 0 unspecified atom stereocenters. The van der Waals surface area contributed by atoms with Crippen LogP contribution >= 0.6 is 0 Å². The Morgan fingerprint density at radius 2 is 1.84 bits per heavy atom. The van der Waals surface area contributed by atoms with E-state index in [4.69, 9.17) is 5.11 Å². The van der Waals surface area contributed by atoms with Crippen molar-refractivity contribution in [3.63, 3.8) is 0 Å². The summed E-state index contributed by atoms with van der Waals surface area (Å²) < 4.78 is 0. The number of hydrogen-bond donors (Lipinski definition) is 1. The van der Waals surface area contributed by atoms with E-state index in [-0.39, 0.29) is 18.4 Å². The number of rotatable bonds is 2. The molecular weight excluding hydrogens is 244 g/mol. The van der Waals surface area contributed by atoms with Gasteiger partial charge in [0.25, 0.3) is 0 Å². The molecule has 108 valence electrons. The molecule has 1 N–H and O–H groups in total. The largest absolute Gasteiger partial charge is 0.481 e. The lowest BCUT2D eigenvalue weighted by Crippen LogP contribution is -2.55. The molecular formula is C14H24N2O3. The first kappa shape index (κ1) is 14.2. The fourth-order valence-corrected chi connectivity index (χ4v) is 2.92. The molecule has 2 heterocycles. The molecule has 5 heteroatoms. The van der Waals surface area contributed by atoms with E-state index in [0.29, 0.717) is 18.5 Å². The van der Waals surface area contributed by atoms with Gasteiger partial charge in [-0.1, -0.05) is 13.8 Å². The summed E-state index contributed by atoms with van der Waals surface area (Å²) in [6.45, 7) is 7.38. The smallest absolute Gasteiger partial charge is 0.320 e. The van der Waals surface area contributed by atoms with Crippen LogP contribution in [0.5, 0.6) is 0 Å². The van der Waals surface area contributed by atoms with Crippen LogP contribution in [0.1, 0.15) is 39.5 Å². The first-order valence-electron chi connectivity index (χ1n) is 7.13. The summed E-state index contributed by atoms with van der Waals surface area (Å²) in [5, 5.41) is 8.70. The maximum Gasteiger partial charge on any atom is 0.320 e. The molecule has 2 amide bonds. The van der Waals surface area contributed by atoms with E-state index in [1.54, 1.807) is 4.90 Å². The monoisotopic (exact) mass is 268 g/mol. The van der Waals surface area contributed by atoms with Crippen LogP contribution < -0.4 is 0 Å². The summed E-state index contributed by atoms with van der Waals surface area (Å²) >= 11 is 0. The van der Waals surface area contributed by atoms with E-state index in [0.717, 1.165) is 25.9 Å². The zero-order chi connectivity index (χ0) is 14.0. The number of likely N-dealkylation sites (tertiary alicyclic amines) is 2. The highest BCUT2D eigenvalue weighted by Crippen LogP contribution is 2.30. The Bertz CT molecular complexity index is 362. The van der Waals surface area contributed by atoms with Crippen molar-refractivity contribution in [2.45, 2.75) is 39.5 Å². The van der Waals surface area contributed by atoms with Gasteiger partial charge in [0, 0.05) is 32.1 Å². The Morgan fingerprint density at radius 3 is 2.47 bits per heavy atom. The quantitative estimate of drug-likeness (QED) is 0.833. The number of nitrogens with zero attached hydrogens (tertiary/aromatic N) is 2. The predicted molar refractivity (Wildman–Crippen MR) is 71.9 cm³/mol. The van der Waals surface area contributed by atoms with Crippen molar-refractivity contribution in [1.82, 2.24) is 9.80 Å². The number of carbonyl (C=O) groups excluding carboxylic acids is 1. The van der Waals surface area contributed by atoms with Gasteiger partial charge in [-0.25, -0.2) is 4.79 Å². The van der Waals surface area contributed by atoms with Crippen LogP contribution in [-0.4, -0.2) is 53.1 Å². The van der Waals surface area contributed by atoms with Crippen molar-refractivity contribution in [2.24, 2.45) is 11.3 Å². The molecule has 0 aliphatic carbocycles. The fourth-order valence-electron chi connectivity index (χ4n) is 2.92. The lowest BCUT2D eigenvalue weighted by atomic mass is 9.85. The highest BCUT2D eigenvalue weighted by Gasteiger charge is 2.35. The Kier molecular flexibility index (Phi) is 4.02. The molecule has 2 fully saturated rings. The third-order valence-electron chi connectivity index (χ3n) is 4.30. The van der Waals surface area contributed by atoms with Crippen LogP contribution in [0, 0.1) is 11.3 Å². The maximum atomic E-state index is 12.3. The van der Waals surface area contributed by atoms with E-state index >= 15 is 0 Å². The highest BCUT2D eigenvalue weighted by molar-refractivity contribution is 5.76. The zero-order valence-electron chi connectivity index (χ0n) is 11.9. The van der Waals surface area contributed by atoms with Crippen LogP contribution in [0.3, 0.4) is 0 Å². The normalized spacial score (nSPS) is 23.7. The van der Waals surface area contributed by atoms with Gasteiger partial charge >= 0.3 is 12.0 Å². The van der Waals surface area contributed by atoms with Crippen molar-refractivity contribution < 1.29 is 14.7 Å². The number of amides is 2. The zero-order valence-corrected chi connectivity index (χ0v) is 11.9. The van der Waals surface area contributed by atoms with Crippen LogP contribution in [0.2, 0.25) is 0 Å². The number of urea groups is 1. The molecule has 2 aliphatic rings. The minimum atomic E-state index is -0.770. The molecule has 0 aromatic carbocycles.